The number of rotatable bonds is 6. The molecule has 3 N–H and O–H groups in total. The summed E-state index contributed by atoms with van der Waals surface area (Å²) in [5.41, 5.74) is 0.967. The van der Waals surface area contributed by atoms with Gasteiger partial charge in [-0.05, 0) is 31.7 Å². The van der Waals surface area contributed by atoms with Gasteiger partial charge in [0.05, 0.1) is 22.8 Å². The lowest BCUT2D eigenvalue weighted by molar-refractivity contribution is -0.138. The normalized spacial score (nSPS) is 18.9. The zero-order valence-electron chi connectivity index (χ0n) is 21.3. The molecule has 212 valence electrons. The van der Waals surface area contributed by atoms with Gasteiger partial charge >= 0.3 is 11.8 Å². The minimum absolute atomic E-state index is 0. The number of nitrogens with zero attached hydrogens (tertiary/aromatic N) is 3. The molecule has 0 bridgehead atoms. The fraction of sp³-hybridized carbons (Fsp3) is 0.458. The number of halogens is 3. The van der Waals surface area contributed by atoms with Crippen LogP contribution in [0.25, 0.3) is 0 Å². The number of ether oxygens (including phenoxy) is 1. The molecular weight excluding hydrogens is 574 g/mol. The van der Waals surface area contributed by atoms with Gasteiger partial charge in [-0.3, -0.25) is 19.2 Å². The summed E-state index contributed by atoms with van der Waals surface area (Å²) in [6.07, 6.45) is 1.04. The third kappa shape index (κ3) is 7.63. The van der Waals surface area contributed by atoms with Crippen LogP contribution in [0.15, 0.2) is 18.2 Å². The third-order valence-electron chi connectivity index (χ3n) is 6.37. The predicted octanol–water partition coefficient (Wildman–Crippen LogP) is 1.45. The van der Waals surface area contributed by atoms with E-state index in [1.807, 2.05) is 7.05 Å². The van der Waals surface area contributed by atoms with Gasteiger partial charge in [0.25, 0.3) is 5.91 Å². The maximum Gasteiger partial charge on any atom is 0.313 e. The molecule has 4 rings (SSSR count). The van der Waals surface area contributed by atoms with Crippen molar-refractivity contribution < 1.29 is 28.3 Å². The van der Waals surface area contributed by atoms with E-state index in [1.165, 1.54) is 35.5 Å². The van der Waals surface area contributed by atoms with Gasteiger partial charge in [0.1, 0.15) is 12.4 Å². The Bertz CT molecular complexity index is 1250. The Balaban J connectivity index is 0.00000420. The molecule has 0 saturated carbocycles. The summed E-state index contributed by atoms with van der Waals surface area (Å²) >= 11 is 6.97. The van der Waals surface area contributed by atoms with Crippen molar-refractivity contribution >= 4 is 64.7 Å². The molecule has 0 aliphatic carbocycles. The van der Waals surface area contributed by atoms with Crippen LogP contribution in [0.2, 0.25) is 5.02 Å². The third-order valence-corrected chi connectivity index (χ3v) is 7.75. The number of hydrogen-bond donors (Lipinski definition) is 3. The second-order valence-electron chi connectivity index (χ2n) is 9.18. The summed E-state index contributed by atoms with van der Waals surface area (Å²) in [7, 11) is 3.42. The van der Waals surface area contributed by atoms with Crippen LogP contribution in [0.1, 0.15) is 26.8 Å². The van der Waals surface area contributed by atoms with Crippen molar-refractivity contribution in [1.29, 1.82) is 0 Å². The highest BCUT2D eigenvalue weighted by Gasteiger charge is 2.35. The van der Waals surface area contributed by atoms with Crippen LogP contribution >= 0.6 is 35.3 Å². The van der Waals surface area contributed by atoms with E-state index in [1.54, 1.807) is 0 Å². The van der Waals surface area contributed by atoms with E-state index < -0.39 is 35.6 Å². The van der Waals surface area contributed by atoms with Gasteiger partial charge in [-0.25, -0.2) is 9.37 Å². The number of nitrogens with one attached hydrogen (secondary N) is 3. The molecule has 2 atom stereocenters. The molecule has 2 aromatic rings. The van der Waals surface area contributed by atoms with E-state index in [0.29, 0.717) is 18.1 Å². The SMILES string of the molecule is COCC(=O)N1CC[C@H](NC(=O)C(=O)Nc2ccc(Cl)c(F)c2)[C@H](NC(=O)c2nc3c(s2)CN(C)CC3)C1.Cl. The van der Waals surface area contributed by atoms with Crippen LogP contribution in [0.3, 0.4) is 0 Å². The van der Waals surface area contributed by atoms with E-state index in [2.05, 4.69) is 25.8 Å². The maximum absolute atomic E-state index is 13.7. The number of methoxy groups -OCH3 is 1. The van der Waals surface area contributed by atoms with Crippen molar-refractivity contribution in [1.82, 2.24) is 25.4 Å². The van der Waals surface area contributed by atoms with Gasteiger partial charge in [-0.1, -0.05) is 11.6 Å². The minimum atomic E-state index is -1.01. The van der Waals surface area contributed by atoms with Crippen molar-refractivity contribution in [2.45, 2.75) is 31.5 Å². The number of likely N-dealkylation sites (tertiary alicyclic amines) is 1. The molecule has 4 amide bonds. The van der Waals surface area contributed by atoms with Gasteiger partial charge in [-0.15, -0.1) is 23.7 Å². The fourth-order valence-corrected chi connectivity index (χ4v) is 5.57. The minimum Gasteiger partial charge on any atom is -0.375 e. The molecule has 1 fully saturated rings. The molecule has 0 radical (unpaired) electrons. The van der Waals surface area contributed by atoms with Gasteiger partial charge in [-0.2, -0.15) is 0 Å². The molecule has 2 aliphatic heterocycles. The van der Waals surface area contributed by atoms with Crippen LogP contribution in [-0.2, 0) is 32.1 Å². The first-order chi connectivity index (χ1) is 18.1. The smallest absolute Gasteiger partial charge is 0.313 e. The highest BCUT2D eigenvalue weighted by Crippen LogP contribution is 2.25. The number of likely N-dealkylation sites (N-methyl/N-ethyl adjacent to an activating group) is 1. The van der Waals surface area contributed by atoms with Crippen molar-refractivity contribution in [3.8, 4) is 0 Å². The van der Waals surface area contributed by atoms with Gasteiger partial charge < -0.3 is 30.5 Å². The van der Waals surface area contributed by atoms with Gasteiger partial charge in [0.2, 0.25) is 5.91 Å². The monoisotopic (exact) mass is 602 g/mol. The zero-order valence-corrected chi connectivity index (χ0v) is 23.7. The largest absolute Gasteiger partial charge is 0.375 e. The maximum atomic E-state index is 13.7. The van der Waals surface area contributed by atoms with Crippen molar-refractivity contribution in [3.05, 3.63) is 44.6 Å². The highest BCUT2D eigenvalue weighted by atomic mass is 35.5. The topological polar surface area (TPSA) is 133 Å². The summed E-state index contributed by atoms with van der Waals surface area (Å²) < 4.78 is 18.6. The number of thiazole rings is 1. The number of amides is 4. The second kappa shape index (κ2) is 13.5. The fourth-order valence-electron chi connectivity index (χ4n) is 4.36. The first-order valence-electron chi connectivity index (χ1n) is 12.0. The van der Waals surface area contributed by atoms with Crippen LogP contribution in [0.4, 0.5) is 10.1 Å². The Morgan fingerprint density at radius 1 is 1.18 bits per heavy atom. The van der Waals surface area contributed by atoms with Crippen LogP contribution in [0.5, 0.6) is 0 Å². The van der Waals surface area contributed by atoms with Crippen LogP contribution < -0.4 is 16.0 Å². The van der Waals surface area contributed by atoms with E-state index >= 15 is 0 Å². The van der Waals surface area contributed by atoms with E-state index in [-0.39, 0.29) is 48.6 Å². The number of anilines is 1. The molecule has 39 heavy (non-hydrogen) atoms. The molecule has 1 aromatic heterocycles. The number of hydrogen-bond acceptors (Lipinski definition) is 8. The molecule has 1 saturated heterocycles. The molecule has 1 aromatic carbocycles. The molecule has 0 unspecified atom stereocenters. The predicted molar refractivity (Wildman–Crippen MR) is 146 cm³/mol. The van der Waals surface area contributed by atoms with Crippen LogP contribution in [0, 0.1) is 5.82 Å². The van der Waals surface area contributed by atoms with Gasteiger partial charge in [0.15, 0.2) is 5.01 Å². The molecule has 3 heterocycles. The number of carbonyl (C=O) groups is 4. The van der Waals surface area contributed by atoms with E-state index in [0.717, 1.165) is 29.6 Å². The Kier molecular flexibility index (Phi) is 10.6. The van der Waals surface area contributed by atoms with Crippen molar-refractivity contribution in [2.75, 3.05) is 45.7 Å². The Morgan fingerprint density at radius 2 is 1.95 bits per heavy atom. The number of piperidine rings is 1. The second-order valence-corrected chi connectivity index (χ2v) is 10.7. The quantitative estimate of drug-likeness (QED) is 0.426. The van der Waals surface area contributed by atoms with E-state index in [9.17, 15) is 23.6 Å². The molecular formula is C24H29Cl2FN6O5S. The first kappa shape index (κ1) is 30.7. The summed E-state index contributed by atoms with van der Waals surface area (Å²) in [6.45, 7) is 1.85. The Hall–Kier alpha value is -2.84. The van der Waals surface area contributed by atoms with E-state index in [4.69, 9.17) is 16.3 Å². The molecule has 0 spiro atoms. The van der Waals surface area contributed by atoms with Crippen molar-refractivity contribution in [3.63, 3.8) is 0 Å². The average molecular weight is 604 g/mol. The first-order valence-corrected chi connectivity index (χ1v) is 13.2. The lowest BCUT2D eigenvalue weighted by atomic mass is 9.98. The standard InChI is InChI=1S/C24H28ClFN6O5S.ClH/c1-31-7-5-17-19(11-31)38-24(30-17)23(36)29-18-10-32(20(33)12-37-2)8-6-16(18)28-22(35)21(34)27-13-3-4-14(25)15(26)9-13;/h3-4,9,16,18H,5-8,10-12H2,1-2H3,(H,27,34)(H,28,35)(H,29,36);1H/t16-,18+;/m0./s1. The number of fused-ring (bicyclic) bond motifs is 1. The summed E-state index contributed by atoms with van der Waals surface area (Å²) in [5.74, 6) is -3.39. The van der Waals surface area contributed by atoms with Gasteiger partial charge in [0, 0.05) is 50.3 Å². The van der Waals surface area contributed by atoms with Crippen LogP contribution in [-0.4, -0.2) is 90.9 Å². The number of benzene rings is 1. The number of aromatic nitrogens is 1. The Morgan fingerprint density at radius 3 is 2.67 bits per heavy atom. The summed E-state index contributed by atoms with van der Waals surface area (Å²) in [4.78, 5) is 59.9. The molecule has 11 nitrogen and oxygen atoms in total. The molecule has 2 aliphatic rings. The lowest BCUT2D eigenvalue weighted by Gasteiger charge is -2.39. The zero-order chi connectivity index (χ0) is 27.4. The summed E-state index contributed by atoms with van der Waals surface area (Å²) in [5, 5.41) is 8.04. The molecule has 15 heteroatoms. The summed E-state index contributed by atoms with van der Waals surface area (Å²) in [6, 6.07) is 2.29. The number of carbonyl (C=O) groups excluding carboxylic acids is 4. The van der Waals surface area contributed by atoms with Crippen molar-refractivity contribution in [2.24, 2.45) is 0 Å². The Labute approximate surface area is 239 Å². The highest BCUT2D eigenvalue weighted by molar-refractivity contribution is 7.13. The lowest BCUT2D eigenvalue weighted by Crippen LogP contribution is -2.62. The average Bonchev–Trinajstić information content (AvgIpc) is 3.30.